The summed E-state index contributed by atoms with van der Waals surface area (Å²) < 4.78 is 36.9. The first-order chi connectivity index (χ1) is 20.4. The van der Waals surface area contributed by atoms with Crippen LogP contribution in [0, 0.1) is 0 Å². The normalized spacial score (nSPS) is 25.2. The minimum atomic E-state index is -2.97. The van der Waals surface area contributed by atoms with Crippen LogP contribution in [0.1, 0.15) is 61.6 Å². The van der Waals surface area contributed by atoms with Gasteiger partial charge in [-0.05, 0) is 46.5 Å². The predicted octanol–water partition coefficient (Wildman–Crippen LogP) is 6.04. The van der Waals surface area contributed by atoms with Gasteiger partial charge in [0.05, 0.1) is 12.9 Å². The van der Waals surface area contributed by atoms with Gasteiger partial charge in [-0.25, -0.2) is 15.0 Å². The number of nitrogens with zero attached hydrogens (tertiary/aromatic N) is 4. The lowest BCUT2D eigenvalue weighted by Gasteiger charge is -2.51. The van der Waals surface area contributed by atoms with Gasteiger partial charge in [0.2, 0.25) is 0 Å². The molecule has 0 spiro atoms. The molecule has 3 aromatic rings. The summed E-state index contributed by atoms with van der Waals surface area (Å²) in [4.78, 5) is 13.1. The van der Waals surface area contributed by atoms with Crippen LogP contribution in [0.5, 0.6) is 0 Å². The van der Waals surface area contributed by atoms with E-state index >= 15 is 0 Å². The highest BCUT2D eigenvalue weighted by atomic mass is 32.1. The monoisotopic (exact) mass is 644 g/mol. The molecule has 1 aromatic carbocycles. The molecule has 2 aliphatic heterocycles. The van der Waals surface area contributed by atoms with E-state index in [0.29, 0.717) is 17.8 Å². The fourth-order valence-electron chi connectivity index (χ4n) is 6.32. The lowest BCUT2D eigenvalue weighted by atomic mass is 10.1. The number of rotatable bonds is 7. The topological polar surface area (TPSA) is 128 Å². The molecular weight excluding hydrogens is 601 g/mol. The molecule has 0 bridgehead atoms. The second-order valence-corrected chi connectivity index (χ2v) is 21.8. The van der Waals surface area contributed by atoms with Crippen molar-refractivity contribution in [3.63, 3.8) is 0 Å². The number of fused-ring (bicyclic) bond motifs is 2. The van der Waals surface area contributed by atoms with Crippen molar-refractivity contribution in [1.82, 2.24) is 19.5 Å². The summed E-state index contributed by atoms with van der Waals surface area (Å²) in [6.45, 7) is 17.9. The molecular formula is C29H44N6O5SSi2. The van der Waals surface area contributed by atoms with Gasteiger partial charge in [-0.2, -0.15) is 0 Å². The quantitative estimate of drug-likeness (QED) is 0.231. The van der Waals surface area contributed by atoms with E-state index in [1.807, 2.05) is 34.9 Å². The molecule has 0 radical (unpaired) electrons. The first-order valence-corrected chi connectivity index (χ1v) is 19.4. The lowest BCUT2D eigenvalue weighted by molar-refractivity contribution is -0.0564. The summed E-state index contributed by atoms with van der Waals surface area (Å²) in [7, 11) is -5.73. The van der Waals surface area contributed by atoms with E-state index in [2.05, 4.69) is 75.7 Å². The molecule has 2 saturated heterocycles. The highest BCUT2D eigenvalue weighted by molar-refractivity contribution is 7.80. The number of nitrogens with two attached hydrogens (primary N) is 1. The minimum Gasteiger partial charge on any atom is -0.460 e. The number of hydrogen-bond donors (Lipinski definition) is 2. The van der Waals surface area contributed by atoms with Crippen LogP contribution in [0.3, 0.4) is 0 Å². The number of anilines is 2. The Morgan fingerprint density at radius 2 is 1.63 bits per heavy atom. The van der Waals surface area contributed by atoms with Gasteiger partial charge in [0.1, 0.15) is 24.1 Å². The molecule has 4 atom stereocenters. The van der Waals surface area contributed by atoms with Gasteiger partial charge in [0, 0.05) is 5.69 Å². The summed E-state index contributed by atoms with van der Waals surface area (Å²) in [5.74, 6) is 0.287. The fraction of sp³-hybridized carbons (Fsp3) is 0.586. The third kappa shape index (κ3) is 5.85. The molecule has 4 heterocycles. The van der Waals surface area contributed by atoms with Crippen LogP contribution in [0.25, 0.3) is 11.2 Å². The maximum Gasteiger partial charge on any atom is 0.335 e. The molecule has 2 aliphatic rings. The van der Waals surface area contributed by atoms with Crippen LogP contribution in [-0.4, -0.2) is 66.7 Å². The van der Waals surface area contributed by atoms with E-state index < -0.39 is 41.7 Å². The third-order valence-electron chi connectivity index (χ3n) is 8.54. The Hall–Kier alpha value is -2.47. The van der Waals surface area contributed by atoms with E-state index in [1.165, 1.54) is 6.33 Å². The average Bonchev–Trinajstić information content (AvgIpc) is 3.50. The first-order valence-electron chi connectivity index (χ1n) is 15.0. The smallest absolute Gasteiger partial charge is 0.335 e. The van der Waals surface area contributed by atoms with Gasteiger partial charge in [0.25, 0.3) is 5.17 Å². The number of nitrogen functional groups attached to an aromatic ring is 1. The van der Waals surface area contributed by atoms with Gasteiger partial charge in [-0.3, -0.25) is 4.57 Å². The Labute approximate surface area is 261 Å². The summed E-state index contributed by atoms with van der Waals surface area (Å²) >= 11 is 5.73. The Morgan fingerprint density at radius 1 is 0.977 bits per heavy atom. The van der Waals surface area contributed by atoms with Gasteiger partial charge >= 0.3 is 17.1 Å². The van der Waals surface area contributed by atoms with Gasteiger partial charge in [-0.1, -0.05) is 73.6 Å². The molecule has 234 valence electrons. The van der Waals surface area contributed by atoms with E-state index in [0.717, 1.165) is 5.69 Å². The summed E-state index contributed by atoms with van der Waals surface area (Å²) in [6.07, 6.45) is 0.707. The molecule has 5 rings (SSSR count). The number of aromatic nitrogens is 4. The maximum atomic E-state index is 7.40. The van der Waals surface area contributed by atoms with Crippen molar-refractivity contribution in [2.45, 2.75) is 102 Å². The number of thiocarbonyl (C=S) groups is 1. The van der Waals surface area contributed by atoms with Crippen molar-refractivity contribution in [1.29, 1.82) is 0 Å². The zero-order chi connectivity index (χ0) is 31.1. The minimum absolute atomic E-state index is 0.134. The molecule has 0 aliphatic carbocycles. The predicted molar refractivity (Wildman–Crippen MR) is 175 cm³/mol. The average molecular weight is 645 g/mol. The van der Waals surface area contributed by atoms with Crippen molar-refractivity contribution < 1.29 is 22.4 Å². The zero-order valence-corrected chi connectivity index (χ0v) is 29.0. The lowest BCUT2D eigenvalue weighted by Crippen LogP contribution is -2.66. The number of hydrogen-bond acceptors (Lipinski definition) is 10. The standard InChI is InChI=1S/C29H44N6O5SSi2/c1-17(2)42(18(3)4)36-14-22-24(39-43(40-42,19(5)6)20(7)8)25(38-29(41)34-21-12-10-9-11-13-21)28(37-22)35-16-33-23-26(30)31-15-32-27(23)35/h9-13,15-20,22,24-25,28H,14H2,1-8H3,(H,34,41)(H2,30,31,32)/t22-,24-,25-,28-/m1/s1. The number of ether oxygens (including phenoxy) is 2. The Balaban J connectivity index is 1.60. The molecule has 11 nitrogen and oxygen atoms in total. The van der Waals surface area contributed by atoms with E-state index in [9.17, 15) is 0 Å². The SMILES string of the molecule is CC(C)[Si]1(C(C)C)OC[C@H]2O[C@@H](n3cnc4c(N)ncnc43)[C@H](OC(=S)Nc3ccccc3)[C@@H]2O[Si](C(C)C)(C(C)C)O1. The summed E-state index contributed by atoms with van der Waals surface area (Å²) in [5.41, 5.74) is 8.65. The largest absolute Gasteiger partial charge is 0.460 e. The number of para-hydroxylation sites is 1. The van der Waals surface area contributed by atoms with E-state index in [-0.39, 0.29) is 33.2 Å². The fourth-order valence-corrected chi connectivity index (χ4v) is 17.8. The van der Waals surface area contributed by atoms with Gasteiger partial charge in [-0.15, -0.1) is 0 Å². The summed E-state index contributed by atoms with van der Waals surface area (Å²) in [5, 5.41) is 3.40. The molecule has 0 unspecified atom stereocenters. The Kier molecular flexibility index (Phi) is 9.28. The Morgan fingerprint density at radius 3 is 2.26 bits per heavy atom. The maximum absolute atomic E-state index is 7.40. The van der Waals surface area contributed by atoms with Crippen LogP contribution in [0.15, 0.2) is 43.0 Å². The van der Waals surface area contributed by atoms with E-state index in [4.69, 9.17) is 40.4 Å². The van der Waals surface area contributed by atoms with Crippen LogP contribution < -0.4 is 11.1 Å². The van der Waals surface area contributed by atoms with Crippen molar-refractivity contribution in [3.8, 4) is 0 Å². The highest BCUT2D eigenvalue weighted by Crippen LogP contribution is 2.49. The molecule has 43 heavy (non-hydrogen) atoms. The molecule has 0 saturated carbocycles. The van der Waals surface area contributed by atoms with Crippen molar-refractivity contribution in [2.75, 3.05) is 17.7 Å². The second-order valence-electron chi connectivity index (χ2n) is 12.6. The van der Waals surface area contributed by atoms with Crippen molar-refractivity contribution in [3.05, 3.63) is 43.0 Å². The number of nitrogens with one attached hydrogen (secondary N) is 1. The van der Waals surface area contributed by atoms with Crippen LogP contribution >= 0.6 is 12.2 Å². The number of benzene rings is 1. The summed E-state index contributed by atoms with van der Waals surface area (Å²) in [6, 6.07) is 9.66. The van der Waals surface area contributed by atoms with Crippen molar-refractivity contribution in [2.24, 2.45) is 0 Å². The highest BCUT2D eigenvalue weighted by Gasteiger charge is 2.62. The second kappa shape index (κ2) is 12.5. The molecule has 0 amide bonds. The van der Waals surface area contributed by atoms with E-state index in [1.54, 1.807) is 6.33 Å². The first kappa shape index (κ1) is 31.9. The van der Waals surface area contributed by atoms with Crippen LogP contribution in [-0.2, 0) is 22.4 Å². The third-order valence-corrected chi connectivity index (χ3v) is 19.0. The van der Waals surface area contributed by atoms with Crippen LogP contribution in [0.2, 0.25) is 22.2 Å². The molecule has 2 fully saturated rings. The van der Waals surface area contributed by atoms with Crippen LogP contribution in [0.4, 0.5) is 11.5 Å². The Bertz CT molecular complexity index is 1410. The van der Waals surface area contributed by atoms with Gasteiger partial charge in [0.15, 0.2) is 23.8 Å². The van der Waals surface area contributed by atoms with Gasteiger partial charge < -0.3 is 33.5 Å². The van der Waals surface area contributed by atoms with Crippen molar-refractivity contribution >= 4 is 57.2 Å². The molecule has 14 heteroatoms. The molecule has 2 aromatic heterocycles. The zero-order valence-electron chi connectivity index (χ0n) is 26.2. The number of imidazole rings is 1. The molecule has 3 N–H and O–H groups in total.